The molecule has 2 aromatic heterocycles. The van der Waals surface area contributed by atoms with Gasteiger partial charge in [-0.05, 0) is 41.1 Å². The summed E-state index contributed by atoms with van der Waals surface area (Å²) in [7, 11) is 1.57. The van der Waals surface area contributed by atoms with Crippen molar-refractivity contribution in [3.8, 4) is 22.1 Å². The first kappa shape index (κ1) is 18.6. The Morgan fingerprint density at radius 2 is 1.93 bits per heavy atom. The van der Waals surface area contributed by atoms with Gasteiger partial charge < -0.3 is 4.74 Å². The average Bonchev–Trinajstić information content (AvgIpc) is 3.29. The predicted octanol–water partition coefficient (Wildman–Crippen LogP) is 3.74. The van der Waals surface area contributed by atoms with Crippen LogP contribution in [0.4, 0.5) is 0 Å². The minimum Gasteiger partial charge on any atom is -0.465 e. The molecule has 0 aliphatic heterocycles. The Labute approximate surface area is 173 Å². The van der Waals surface area contributed by atoms with E-state index in [1.54, 1.807) is 7.05 Å². The minimum absolute atomic E-state index is 0.276. The van der Waals surface area contributed by atoms with E-state index in [0.717, 1.165) is 26.9 Å². The molecule has 0 atom stereocenters. The SMILES string of the molecule is Cc1cccc(-n2nnn(C)c2=O)c1COc1nc(-c2ccc(Br)cc2)cs1. The van der Waals surface area contributed by atoms with Gasteiger partial charge in [-0.1, -0.05) is 51.5 Å². The van der Waals surface area contributed by atoms with E-state index < -0.39 is 0 Å². The number of ether oxygens (including phenoxy) is 1. The average molecular weight is 458 g/mol. The van der Waals surface area contributed by atoms with Crippen LogP contribution < -0.4 is 10.4 Å². The van der Waals surface area contributed by atoms with Crippen LogP contribution in [0.3, 0.4) is 0 Å². The summed E-state index contributed by atoms with van der Waals surface area (Å²) in [6.45, 7) is 2.25. The molecule has 0 saturated carbocycles. The van der Waals surface area contributed by atoms with Crippen LogP contribution in [0.1, 0.15) is 11.1 Å². The molecule has 0 bridgehead atoms. The maximum Gasteiger partial charge on any atom is 0.368 e. The summed E-state index contributed by atoms with van der Waals surface area (Å²) < 4.78 is 9.43. The van der Waals surface area contributed by atoms with E-state index in [1.807, 2.05) is 54.8 Å². The first-order chi connectivity index (χ1) is 13.5. The third-order valence-electron chi connectivity index (χ3n) is 4.30. The summed E-state index contributed by atoms with van der Waals surface area (Å²) in [5, 5.41) is 10.3. The fraction of sp³-hybridized carbons (Fsp3) is 0.158. The topological polar surface area (TPSA) is 74.8 Å². The summed E-state index contributed by atoms with van der Waals surface area (Å²) >= 11 is 4.87. The molecule has 0 spiro atoms. The Kier molecular flexibility index (Phi) is 5.10. The number of halogens is 1. The highest BCUT2D eigenvalue weighted by Crippen LogP contribution is 2.28. The lowest BCUT2D eigenvalue weighted by Gasteiger charge is -2.11. The number of hydrogen-bond acceptors (Lipinski definition) is 6. The van der Waals surface area contributed by atoms with Crippen molar-refractivity contribution < 1.29 is 4.74 Å². The monoisotopic (exact) mass is 457 g/mol. The lowest BCUT2D eigenvalue weighted by Crippen LogP contribution is -2.23. The molecule has 142 valence electrons. The van der Waals surface area contributed by atoms with Crippen molar-refractivity contribution in [3.05, 3.63) is 73.9 Å². The summed E-state index contributed by atoms with van der Waals surface area (Å²) in [5.41, 5.74) is 4.10. The van der Waals surface area contributed by atoms with Gasteiger partial charge in [0.25, 0.3) is 5.19 Å². The number of aromatic nitrogens is 5. The molecule has 4 aromatic rings. The Bertz CT molecular complexity index is 1180. The van der Waals surface area contributed by atoms with E-state index in [4.69, 9.17) is 4.74 Å². The molecule has 0 fully saturated rings. The van der Waals surface area contributed by atoms with Gasteiger partial charge in [-0.25, -0.2) is 9.78 Å². The van der Waals surface area contributed by atoms with Crippen LogP contribution in [-0.4, -0.2) is 24.8 Å². The maximum atomic E-state index is 12.2. The van der Waals surface area contributed by atoms with Crippen molar-refractivity contribution in [2.45, 2.75) is 13.5 Å². The molecular weight excluding hydrogens is 442 g/mol. The van der Waals surface area contributed by atoms with Crippen molar-refractivity contribution in [1.82, 2.24) is 24.8 Å². The van der Waals surface area contributed by atoms with E-state index in [-0.39, 0.29) is 12.3 Å². The number of benzene rings is 2. The fourth-order valence-corrected chi connectivity index (χ4v) is 3.69. The maximum absolute atomic E-state index is 12.2. The molecule has 0 unspecified atom stereocenters. The Balaban J connectivity index is 1.58. The molecule has 4 rings (SSSR count). The van der Waals surface area contributed by atoms with Crippen LogP contribution in [0.25, 0.3) is 16.9 Å². The van der Waals surface area contributed by atoms with Gasteiger partial charge in [-0.3, -0.25) is 0 Å². The second-order valence-corrected chi connectivity index (χ2v) is 7.90. The molecule has 0 saturated heterocycles. The summed E-state index contributed by atoms with van der Waals surface area (Å²) in [4.78, 5) is 16.8. The summed E-state index contributed by atoms with van der Waals surface area (Å²) in [6.07, 6.45) is 0. The van der Waals surface area contributed by atoms with Gasteiger partial charge in [-0.15, -0.1) is 0 Å². The molecule has 7 nitrogen and oxygen atoms in total. The van der Waals surface area contributed by atoms with E-state index in [9.17, 15) is 4.79 Å². The number of aryl methyl sites for hydroxylation is 2. The highest BCUT2D eigenvalue weighted by molar-refractivity contribution is 9.10. The first-order valence-electron chi connectivity index (χ1n) is 8.45. The molecule has 2 aromatic carbocycles. The van der Waals surface area contributed by atoms with Crippen LogP contribution in [-0.2, 0) is 13.7 Å². The van der Waals surface area contributed by atoms with Crippen molar-refractivity contribution in [2.75, 3.05) is 0 Å². The molecule has 28 heavy (non-hydrogen) atoms. The number of nitrogens with zero attached hydrogens (tertiary/aromatic N) is 5. The fourth-order valence-electron chi connectivity index (χ4n) is 2.75. The lowest BCUT2D eigenvalue weighted by atomic mass is 10.1. The van der Waals surface area contributed by atoms with Crippen LogP contribution >= 0.6 is 27.3 Å². The second kappa shape index (κ2) is 7.69. The van der Waals surface area contributed by atoms with Gasteiger partial charge in [0.1, 0.15) is 6.61 Å². The van der Waals surface area contributed by atoms with Gasteiger partial charge in [0.05, 0.1) is 11.4 Å². The number of hydrogen-bond donors (Lipinski definition) is 0. The summed E-state index contributed by atoms with van der Waals surface area (Å²) in [5.74, 6) is 0. The quantitative estimate of drug-likeness (QED) is 0.456. The predicted molar refractivity (Wildman–Crippen MR) is 111 cm³/mol. The zero-order valence-electron chi connectivity index (χ0n) is 15.2. The molecule has 9 heteroatoms. The highest BCUT2D eigenvalue weighted by Gasteiger charge is 2.14. The third-order valence-corrected chi connectivity index (χ3v) is 5.58. The van der Waals surface area contributed by atoms with Crippen LogP contribution in [0.2, 0.25) is 0 Å². The molecular formula is C19H16BrN5O2S. The second-order valence-electron chi connectivity index (χ2n) is 6.16. The normalized spacial score (nSPS) is 11.0. The van der Waals surface area contributed by atoms with Crippen LogP contribution in [0.15, 0.2) is 57.1 Å². The Morgan fingerprint density at radius 1 is 1.14 bits per heavy atom. The Hall–Kier alpha value is -2.78. The largest absolute Gasteiger partial charge is 0.465 e. The zero-order valence-corrected chi connectivity index (χ0v) is 17.6. The van der Waals surface area contributed by atoms with Gasteiger partial charge in [0.15, 0.2) is 0 Å². The molecule has 0 aliphatic rings. The van der Waals surface area contributed by atoms with Gasteiger partial charge in [0, 0.05) is 28.0 Å². The van der Waals surface area contributed by atoms with Gasteiger partial charge >= 0.3 is 5.69 Å². The van der Waals surface area contributed by atoms with Crippen molar-refractivity contribution >= 4 is 27.3 Å². The molecule has 0 amide bonds. The van der Waals surface area contributed by atoms with E-state index in [1.165, 1.54) is 20.7 Å². The first-order valence-corrected chi connectivity index (χ1v) is 10.1. The number of tetrazole rings is 1. The number of rotatable bonds is 5. The highest BCUT2D eigenvalue weighted by atomic mass is 79.9. The lowest BCUT2D eigenvalue weighted by molar-refractivity contribution is 0.303. The smallest absolute Gasteiger partial charge is 0.368 e. The minimum atomic E-state index is -0.307. The third kappa shape index (κ3) is 3.63. The van der Waals surface area contributed by atoms with E-state index >= 15 is 0 Å². The van der Waals surface area contributed by atoms with Crippen molar-refractivity contribution in [2.24, 2.45) is 7.05 Å². The van der Waals surface area contributed by atoms with E-state index in [0.29, 0.717) is 10.9 Å². The van der Waals surface area contributed by atoms with Gasteiger partial charge in [0.2, 0.25) is 0 Å². The molecule has 0 N–H and O–H groups in total. The van der Waals surface area contributed by atoms with Crippen molar-refractivity contribution in [1.29, 1.82) is 0 Å². The zero-order chi connectivity index (χ0) is 19.7. The van der Waals surface area contributed by atoms with Crippen LogP contribution in [0.5, 0.6) is 5.19 Å². The summed E-state index contributed by atoms with van der Waals surface area (Å²) in [6, 6.07) is 13.6. The van der Waals surface area contributed by atoms with E-state index in [2.05, 4.69) is 31.3 Å². The molecule has 0 aliphatic carbocycles. The standard InChI is InChI=1S/C19H16BrN5O2S/c1-12-4-3-5-17(25-19(26)24(2)22-23-25)15(12)10-27-18-21-16(11-28-18)13-6-8-14(20)9-7-13/h3-9,11H,10H2,1-2H3. The van der Waals surface area contributed by atoms with Gasteiger partial charge in [-0.2, -0.15) is 9.36 Å². The van der Waals surface area contributed by atoms with Crippen molar-refractivity contribution in [3.63, 3.8) is 0 Å². The molecule has 2 heterocycles. The Morgan fingerprint density at radius 3 is 2.64 bits per heavy atom. The van der Waals surface area contributed by atoms with Crippen LogP contribution in [0, 0.1) is 6.92 Å². The molecule has 0 radical (unpaired) electrons. The number of thiazole rings is 1.